The van der Waals surface area contributed by atoms with Crippen molar-refractivity contribution in [2.75, 3.05) is 18.5 Å². The van der Waals surface area contributed by atoms with E-state index in [1.807, 2.05) is 55.5 Å². The Morgan fingerprint density at radius 2 is 1.77 bits per heavy atom. The smallest absolute Gasteiger partial charge is 0.234 e. The van der Waals surface area contributed by atoms with Crippen LogP contribution in [0.25, 0.3) is 0 Å². The van der Waals surface area contributed by atoms with Gasteiger partial charge in [-0.1, -0.05) is 30.3 Å². The Labute approximate surface area is 153 Å². The summed E-state index contributed by atoms with van der Waals surface area (Å²) >= 11 is 0. The Kier molecular flexibility index (Phi) is 7.64. The number of carbonyl (C=O) groups excluding carboxylic acids is 2. The number of carbonyl (C=O) groups is 2. The average molecular weight is 355 g/mol. The fourth-order valence-corrected chi connectivity index (χ4v) is 2.34. The van der Waals surface area contributed by atoms with Crippen molar-refractivity contribution < 1.29 is 14.3 Å². The van der Waals surface area contributed by atoms with Crippen LogP contribution in [0.5, 0.6) is 5.75 Å². The van der Waals surface area contributed by atoms with E-state index in [1.54, 1.807) is 0 Å². The SMILES string of the molecule is Cc1ccccc1OCCCC(=O)Nc1ccc(CNC(=O)CN)cc1. The summed E-state index contributed by atoms with van der Waals surface area (Å²) < 4.78 is 5.69. The van der Waals surface area contributed by atoms with Crippen LogP contribution in [0.2, 0.25) is 0 Å². The third kappa shape index (κ3) is 6.57. The van der Waals surface area contributed by atoms with E-state index in [0.29, 0.717) is 26.0 Å². The van der Waals surface area contributed by atoms with Crippen LogP contribution in [0.1, 0.15) is 24.0 Å². The maximum absolute atomic E-state index is 12.0. The van der Waals surface area contributed by atoms with Crippen molar-refractivity contribution in [3.63, 3.8) is 0 Å². The van der Waals surface area contributed by atoms with Gasteiger partial charge >= 0.3 is 0 Å². The Bertz CT molecular complexity index is 729. The molecule has 6 heteroatoms. The third-order valence-electron chi connectivity index (χ3n) is 3.81. The summed E-state index contributed by atoms with van der Waals surface area (Å²) in [6.07, 6.45) is 1.03. The zero-order chi connectivity index (χ0) is 18.8. The number of ether oxygens (including phenoxy) is 1. The van der Waals surface area contributed by atoms with Crippen LogP contribution in [0.3, 0.4) is 0 Å². The number of hydrogen-bond donors (Lipinski definition) is 3. The molecule has 0 saturated heterocycles. The van der Waals surface area contributed by atoms with E-state index in [0.717, 1.165) is 22.6 Å². The molecule has 26 heavy (non-hydrogen) atoms. The second-order valence-corrected chi connectivity index (χ2v) is 5.94. The first-order chi connectivity index (χ1) is 12.6. The highest BCUT2D eigenvalue weighted by Gasteiger charge is 2.04. The maximum Gasteiger partial charge on any atom is 0.234 e. The van der Waals surface area contributed by atoms with Gasteiger partial charge in [0.05, 0.1) is 13.2 Å². The van der Waals surface area contributed by atoms with Gasteiger partial charge in [-0.2, -0.15) is 0 Å². The number of para-hydroxylation sites is 1. The average Bonchev–Trinajstić information content (AvgIpc) is 2.65. The predicted octanol–water partition coefficient (Wildman–Crippen LogP) is 2.37. The van der Waals surface area contributed by atoms with E-state index in [-0.39, 0.29) is 18.4 Å². The van der Waals surface area contributed by atoms with Gasteiger partial charge in [-0.05, 0) is 42.7 Å². The molecule has 0 aliphatic heterocycles. The lowest BCUT2D eigenvalue weighted by atomic mass is 10.2. The molecule has 0 aliphatic carbocycles. The monoisotopic (exact) mass is 355 g/mol. The van der Waals surface area contributed by atoms with Gasteiger partial charge < -0.3 is 21.1 Å². The molecular weight excluding hydrogens is 330 g/mol. The van der Waals surface area contributed by atoms with Crippen LogP contribution in [0.15, 0.2) is 48.5 Å². The van der Waals surface area contributed by atoms with E-state index in [4.69, 9.17) is 10.5 Å². The lowest BCUT2D eigenvalue weighted by molar-refractivity contribution is -0.120. The summed E-state index contributed by atoms with van der Waals surface area (Å²) in [5.41, 5.74) is 7.99. The third-order valence-corrected chi connectivity index (χ3v) is 3.81. The van der Waals surface area contributed by atoms with Gasteiger partial charge in [0.1, 0.15) is 5.75 Å². The summed E-state index contributed by atoms with van der Waals surface area (Å²) in [5.74, 6) is 0.600. The Morgan fingerprint density at radius 3 is 2.46 bits per heavy atom. The second kappa shape index (κ2) is 10.2. The van der Waals surface area contributed by atoms with Crippen molar-refractivity contribution in [3.05, 3.63) is 59.7 Å². The summed E-state index contributed by atoms with van der Waals surface area (Å²) in [7, 11) is 0. The van der Waals surface area contributed by atoms with E-state index < -0.39 is 0 Å². The van der Waals surface area contributed by atoms with Crippen molar-refractivity contribution in [2.45, 2.75) is 26.3 Å². The molecule has 0 heterocycles. The lowest BCUT2D eigenvalue weighted by Gasteiger charge is -2.09. The van der Waals surface area contributed by atoms with Crippen LogP contribution in [0, 0.1) is 6.92 Å². The first-order valence-electron chi connectivity index (χ1n) is 8.62. The molecule has 0 spiro atoms. The first-order valence-corrected chi connectivity index (χ1v) is 8.62. The number of nitrogens with one attached hydrogen (secondary N) is 2. The van der Waals surface area contributed by atoms with Gasteiger partial charge in [0, 0.05) is 18.7 Å². The standard InChI is InChI=1S/C20H25N3O3/c1-15-5-2-3-6-18(15)26-12-4-7-19(24)23-17-10-8-16(9-11-17)14-22-20(25)13-21/h2-3,5-6,8-11H,4,7,12-14,21H2,1H3,(H,22,25)(H,23,24). The molecule has 0 saturated carbocycles. The summed E-state index contributed by atoms with van der Waals surface area (Å²) in [5, 5.41) is 5.55. The highest BCUT2D eigenvalue weighted by Crippen LogP contribution is 2.16. The van der Waals surface area contributed by atoms with Crippen LogP contribution < -0.4 is 21.1 Å². The number of aryl methyl sites for hydroxylation is 1. The molecule has 2 rings (SSSR count). The molecule has 4 N–H and O–H groups in total. The van der Waals surface area contributed by atoms with Gasteiger partial charge in [0.25, 0.3) is 0 Å². The van der Waals surface area contributed by atoms with Crippen LogP contribution >= 0.6 is 0 Å². The molecule has 0 aromatic heterocycles. The van der Waals surface area contributed by atoms with Crippen molar-refractivity contribution in [3.8, 4) is 5.75 Å². The molecule has 0 atom stereocenters. The zero-order valence-corrected chi connectivity index (χ0v) is 15.0. The predicted molar refractivity (Wildman–Crippen MR) is 102 cm³/mol. The minimum atomic E-state index is -0.199. The molecule has 0 bridgehead atoms. The Morgan fingerprint density at radius 1 is 1.04 bits per heavy atom. The lowest BCUT2D eigenvalue weighted by Crippen LogP contribution is -2.29. The van der Waals surface area contributed by atoms with Gasteiger partial charge in [0.15, 0.2) is 0 Å². The van der Waals surface area contributed by atoms with Gasteiger partial charge in [-0.25, -0.2) is 0 Å². The minimum Gasteiger partial charge on any atom is -0.493 e. The number of amides is 2. The maximum atomic E-state index is 12.0. The molecule has 0 aliphatic rings. The fraction of sp³-hybridized carbons (Fsp3) is 0.300. The number of benzene rings is 2. The summed E-state index contributed by atoms with van der Waals surface area (Å²) in [6, 6.07) is 15.1. The van der Waals surface area contributed by atoms with Crippen LogP contribution in [0.4, 0.5) is 5.69 Å². The Hall–Kier alpha value is -2.86. The van der Waals surface area contributed by atoms with Gasteiger partial charge in [-0.3, -0.25) is 9.59 Å². The number of rotatable bonds is 9. The van der Waals surface area contributed by atoms with Crippen molar-refractivity contribution in [2.24, 2.45) is 5.73 Å². The van der Waals surface area contributed by atoms with Crippen LogP contribution in [-0.4, -0.2) is 25.0 Å². The first kappa shape index (κ1) is 19.5. The number of nitrogens with two attached hydrogens (primary N) is 1. The fourth-order valence-electron chi connectivity index (χ4n) is 2.34. The quantitative estimate of drug-likeness (QED) is 0.602. The number of anilines is 1. The van der Waals surface area contributed by atoms with E-state index in [2.05, 4.69) is 10.6 Å². The molecular formula is C20H25N3O3. The van der Waals surface area contributed by atoms with Gasteiger partial charge in [-0.15, -0.1) is 0 Å². The second-order valence-electron chi connectivity index (χ2n) is 5.94. The summed E-state index contributed by atoms with van der Waals surface area (Å²) in [4.78, 5) is 23.1. The normalized spacial score (nSPS) is 10.2. The van der Waals surface area contributed by atoms with E-state index >= 15 is 0 Å². The van der Waals surface area contributed by atoms with Crippen molar-refractivity contribution in [1.82, 2.24) is 5.32 Å². The molecule has 138 valence electrons. The van der Waals surface area contributed by atoms with Crippen molar-refractivity contribution in [1.29, 1.82) is 0 Å². The van der Waals surface area contributed by atoms with E-state index in [9.17, 15) is 9.59 Å². The largest absolute Gasteiger partial charge is 0.493 e. The molecule has 0 fully saturated rings. The van der Waals surface area contributed by atoms with Crippen LogP contribution in [-0.2, 0) is 16.1 Å². The Balaban J connectivity index is 1.69. The highest BCUT2D eigenvalue weighted by atomic mass is 16.5. The topological polar surface area (TPSA) is 93.5 Å². The molecule has 0 radical (unpaired) electrons. The van der Waals surface area contributed by atoms with Crippen molar-refractivity contribution >= 4 is 17.5 Å². The minimum absolute atomic E-state index is 0.0261. The molecule has 2 aromatic rings. The molecule has 2 amide bonds. The zero-order valence-electron chi connectivity index (χ0n) is 15.0. The highest BCUT2D eigenvalue weighted by molar-refractivity contribution is 5.90. The summed E-state index contributed by atoms with van der Waals surface area (Å²) in [6.45, 7) is 2.88. The number of hydrogen-bond acceptors (Lipinski definition) is 4. The molecule has 2 aromatic carbocycles. The molecule has 6 nitrogen and oxygen atoms in total. The van der Waals surface area contributed by atoms with Gasteiger partial charge in [0.2, 0.25) is 11.8 Å². The molecule has 0 unspecified atom stereocenters. The van der Waals surface area contributed by atoms with E-state index in [1.165, 1.54) is 0 Å².